The molecule has 3 N–H and O–H groups in total. The van der Waals surface area contributed by atoms with Crippen molar-refractivity contribution in [1.29, 1.82) is 0 Å². The van der Waals surface area contributed by atoms with Crippen molar-refractivity contribution in [3.63, 3.8) is 0 Å². The first-order valence-corrected chi connectivity index (χ1v) is 9.11. The number of nitrogens with one attached hydrogen (secondary N) is 3. The summed E-state index contributed by atoms with van der Waals surface area (Å²) in [6, 6.07) is 12.9. The fourth-order valence-corrected chi connectivity index (χ4v) is 3.39. The van der Waals surface area contributed by atoms with E-state index in [9.17, 15) is 9.59 Å². The van der Waals surface area contributed by atoms with Gasteiger partial charge < -0.3 is 15.3 Å². The number of aromatic nitrogens is 2. The molecule has 2 aromatic heterocycles. The smallest absolute Gasteiger partial charge is 0.261 e. The first-order valence-electron chi connectivity index (χ1n) is 9.11. The SMILES string of the molecule is CCC(C)c1c[nH]c2cc(NC(=O)c3c[nH]c4ccccc4c3=O)ccc12. The highest BCUT2D eigenvalue weighted by Gasteiger charge is 2.14. The number of H-pyrrole nitrogens is 2. The van der Waals surface area contributed by atoms with Gasteiger partial charge in [0.2, 0.25) is 5.43 Å². The molecule has 4 aromatic rings. The molecule has 0 bridgehead atoms. The maximum atomic E-state index is 12.6. The number of benzene rings is 2. The van der Waals surface area contributed by atoms with Gasteiger partial charge in [-0.2, -0.15) is 0 Å². The minimum atomic E-state index is -0.421. The number of para-hydroxylation sites is 1. The molecule has 0 saturated heterocycles. The van der Waals surface area contributed by atoms with Crippen LogP contribution in [0.25, 0.3) is 21.8 Å². The molecule has 0 spiro atoms. The number of anilines is 1. The molecule has 5 heteroatoms. The molecule has 136 valence electrons. The first-order chi connectivity index (χ1) is 13.1. The zero-order valence-corrected chi connectivity index (χ0v) is 15.3. The van der Waals surface area contributed by atoms with E-state index in [0.717, 1.165) is 17.3 Å². The van der Waals surface area contributed by atoms with Gasteiger partial charge in [-0.15, -0.1) is 0 Å². The van der Waals surface area contributed by atoms with Crippen LogP contribution in [0.1, 0.15) is 42.1 Å². The highest BCUT2D eigenvalue weighted by Crippen LogP contribution is 2.29. The van der Waals surface area contributed by atoms with E-state index in [-0.39, 0.29) is 11.0 Å². The maximum Gasteiger partial charge on any atom is 0.261 e. The Bertz CT molecular complexity index is 1200. The minimum absolute atomic E-state index is 0.0978. The summed E-state index contributed by atoms with van der Waals surface area (Å²) in [6.45, 7) is 4.36. The highest BCUT2D eigenvalue weighted by molar-refractivity contribution is 6.06. The molecule has 0 radical (unpaired) electrons. The topological polar surface area (TPSA) is 77.8 Å². The van der Waals surface area contributed by atoms with Gasteiger partial charge in [-0.1, -0.05) is 32.0 Å². The monoisotopic (exact) mass is 359 g/mol. The molecule has 1 unspecified atom stereocenters. The van der Waals surface area contributed by atoms with Crippen LogP contribution in [0.4, 0.5) is 5.69 Å². The minimum Gasteiger partial charge on any atom is -0.361 e. The molecule has 1 atom stereocenters. The lowest BCUT2D eigenvalue weighted by atomic mass is 9.98. The lowest BCUT2D eigenvalue weighted by Crippen LogP contribution is -2.21. The third-order valence-electron chi connectivity index (χ3n) is 5.15. The summed E-state index contributed by atoms with van der Waals surface area (Å²) in [7, 11) is 0. The summed E-state index contributed by atoms with van der Waals surface area (Å²) in [5, 5.41) is 4.49. The Balaban J connectivity index is 1.65. The fourth-order valence-electron chi connectivity index (χ4n) is 3.39. The van der Waals surface area contributed by atoms with Gasteiger partial charge in [-0.25, -0.2) is 0 Å². The van der Waals surface area contributed by atoms with Gasteiger partial charge in [0.25, 0.3) is 5.91 Å². The van der Waals surface area contributed by atoms with Crippen LogP contribution in [0.15, 0.2) is 59.7 Å². The molecule has 0 aliphatic heterocycles. The Morgan fingerprint density at radius 2 is 1.81 bits per heavy atom. The second-order valence-corrected chi connectivity index (χ2v) is 6.84. The van der Waals surface area contributed by atoms with Crippen LogP contribution in [0.5, 0.6) is 0 Å². The Morgan fingerprint density at radius 1 is 1.04 bits per heavy atom. The van der Waals surface area contributed by atoms with Crippen molar-refractivity contribution in [3.05, 3.63) is 76.2 Å². The normalized spacial score (nSPS) is 12.4. The molecule has 0 fully saturated rings. The standard InChI is InChI=1S/C22H21N3O2/c1-3-13(2)17-11-24-20-10-14(8-9-15(17)20)25-22(27)18-12-23-19-7-5-4-6-16(19)21(18)26/h4-13,24H,3H2,1-2H3,(H,23,26)(H,25,27). The van der Waals surface area contributed by atoms with Crippen LogP contribution in [0, 0.1) is 0 Å². The van der Waals surface area contributed by atoms with Gasteiger partial charge in [0, 0.05) is 39.9 Å². The fraction of sp³-hybridized carbons (Fsp3) is 0.182. The van der Waals surface area contributed by atoms with Crippen molar-refractivity contribution >= 4 is 33.4 Å². The van der Waals surface area contributed by atoms with E-state index >= 15 is 0 Å². The van der Waals surface area contributed by atoms with E-state index in [4.69, 9.17) is 0 Å². The molecule has 4 rings (SSSR count). The Morgan fingerprint density at radius 3 is 2.63 bits per heavy atom. The Labute approximate surface area is 156 Å². The quantitative estimate of drug-likeness (QED) is 0.490. The van der Waals surface area contributed by atoms with E-state index < -0.39 is 5.91 Å². The molecule has 27 heavy (non-hydrogen) atoms. The van der Waals surface area contributed by atoms with Crippen molar-refractivity contribution in [2.75, 3.05) is 5.32 Å². The van der Waals surface area contributed by atoms with Crippen molar-refractivity contribution in [3.8, 4) is 0 Å². The lowest BCUT2D eigenvalue weighted by molar-refractivity contribution is 0.102. The number of hydrogen-bond donors (Lipinski definition) is 3. The van der Waals surface area contributed by atoms with E-state index in [1.807, 2.05) is 36.5 Å². The zero-order chi connectivity index (χ0) is 19.0. The van der Waals surface area contributed by atoms with Crippen molar-refractivity contribution in [2.24, 2.45) is 0 Å². The Hall–Kier alpha value is -3.34. The molecule has 0 saturated carbocycles. The summed E-state index contributed by atoms with van der Waals surface area (Å²) < 4.78 is 0. The van der Waals surface area contributed by atoms with Crippen LogP contribution in [0.3, 0.4) is 0 Å². The van der Waals surface area contributed by atoms with Gasteiger partial charge >= 0.3 is 0 Å². The number of hydrogen-bond acceptors (Lipinski definition) is 2. The summed E-state index contributed by atoms with van der Waals surface area (Å²) in [6.07, 6.45) is 4.56. The van der Waals surface area contributed by atoms with Gasteiger partial charge in [-0.3, -0.25) is 9.59 Å². The molecular weight excluding hydrogens is 338 g/mol. The number of rotatable bonds is 4. The molecule has 2 heterocycles. The number of pyridine rings is 1. The lowest BCUT2D eigenvalue weighted by Gasteiger charge is -2.08. The van der Waals surface area contributed by atoms with Gasteiger partial charge in [-0.05, 0) is 42.2 Å². The van der Waals surface area contributed by atoms with Crippen molar-refractivity contribution < 1.29 is 4.79 Å². The van der Waals surface area contributed by atoms with Crippen LogP contribution in [-0.4, -0.2) is 15.9 Å². The van der Waals surface area contributed by atoms with E-state index in [1.54, 1.807) is 12.1 Å². The number of aromatic amines is 2. The largest absolute Gasteiger partial charge is 0.361 e. The summed E-state index contributed by atoms with van der Waals surface area (Å²) in [5.41, 5.74) is 3.43. The third-order valence-corrected chi connectivity index (χ3v) is 5.15. The Kier molecular flexibility index (Phi) is 4.28. The summed E-state index contributed by atoms with van der Waals surface area (Å²) in [5.74, 6) is 0.0467. The van der Waals surface area contributed by atoms with Gasteiger partial charge in [0.05, 0.1) is 0 Å². The van der Waals surface area contributed by atoms with E-state index in [2.05, 4.69) is 29.1 Å². The number of fused-ring (bicyclic) bond motifs is 2. The predicted molar refractivity (Wildman–Crippen MR) is 110 cm³/mol. The van der Waals surface area contributed by atoms with Crippen molar-refractivity contribution in [2.45, 2.75) is 26.2 Å². The van der Waals surface area contributed by atoms with Crippen LogP contribution in [0.2, 0.25) is 0 Å². The maximum absolute atomic E-state index is 12.6. The second kappa shape index (κ2) is 6.76. The van der Waals surface area contributed by atoms with Crippen LogP contribution < -0.4 is 10.7 Å². The zero-order valence-electron chi connectivity index (χ0n) is 15.3. The van der Waals surface area contributed by atoms with Crippen LogP contribution in [-0.2, 0) is 0 Å². The predicted octanol–water partition coefficient (Wildman–Crippen LogP) is 4.78. The summed E-state index contributed by atoms with van der Waals surface area (Å²) in [4.78, 5) is 31.5. The molecule has 0 aliphatic rings. The third kappa shape index (κ3) is 3.01. The molecule has 2 aromatic carbocycles. The van der Waals surface area contributed by atoms with E-state index in [1.165, 1.54) is 11.8 Å². The van der Waals surface area contributed by atoms with Crippen molar-refractivity contribution in [1.82, 2.24) is 9.97 Å². The second-order valence-electron chi connectivity index (χ2n) is 6.84. The van der Waals surface area contributed by atoms with Gasteiger partial charge in [0.1, 0.15) is 5.56 Å². The van der Waals surface area contributed by atoms with E-state index in [0.29, 0.717) is 22.5 Å². The summed E-state index contributed by atoms with van der Waals surface area (Å²) >= 11 is 0. The molecule has 0 aliphatic carbocycles. The average Bonchev–Trinajstić information content (AvgIpc) is 3.11. The van der Waals surface area contributed by atoms with Crippen LogP contribution >= 0.6 is 0 Å². The van der Waals surface area contributed by atoms with Gasteiger partial charge in [0.15, 0.2) is 0 Å². The molecular formula is C22H21N3O2. The highest BCUT2D eigenvalue weighted by atomic mass is 16.2. The average molecular weight is 359 g/mol. The number of carbonyl (C=O) groups excluding carboxylic acids is 1. The molecule has 5 nitrogen and oxygen atoms in total. The first kappa shape index (κ1) is 17.1. The number of carbonyl (C=O) groups is 1. The number of amides is 1. The molecule has 1 amide bonds.